The largest absolute Gasteiger partial charge is 0.481 e. The second-order valence-corrected chi connectivity index (χ2v) is 6.54. The summed E-state index contributed by atoms with van der Waals surface area (Å²) in [6.45, 7) is 0. The molecule has 0 radical (unpaired) electrons. The monoisotopic (exact) mass is 344 g/mol. The first-order valence-corrected chi connectivity index (χ1v) is 8.57. The van der Waals surface area contributed by atoms with Gasteiger partial charge < -0.3 is 15.0 Å². The summed E-state index contributed by atoms with van der Waals surface area (Å²) in [4.78, 5) is 14.5. The van der Waals surface area contributed by atoms with Crippen LogP contribution in [0.25, 0.3) is 5.57 Å². The van der Waals surface area contributed by atoms with Gasteiger partial charge in [0.2, 0.25) is 0 Å². The summed E-state index contributed by atoms with van der Waals surface area (Å²) in [5.74, 6) is 0.744. The van der Waals surface area contributed by atoms with Crippen molar-refractivity contribution in [2.24, 2.45) is 0 Å². The van der Waals surface area contributed by atoms with Crippen LogP contribution in [0.2, 0.25) is 0 Å². The minimum Gasteiger partial charge on any atom is -0.481 e. The molecule has 130 valence electrons. The molecular weight excluding hydrogens is 324 g/mol. The Morgan fingerprint density at radius 2 is 1.92 bits per heavy atom. The van der Waals surface area contributed by atoms with Crippen molar-refractivity contribution in [3.8, 4) is 5.75 Å². The number of amides is 1. The van der Waals surface area contributed by atoms with Gasteiger partial charge in [-0.3, -0.25) is 4.79 Å². The topological polar surface area (TPSA) is 41.6 Å². The Kier molecular flexibility index (Phi) is 4.09. The molecule has 0 fully saturated rings. The summed E-state index contributed by atoms with van der Waals surface area (Å²) in [7, 11) is 4.03. The molecule has 0 aromatic heterocycles. The number of rotatable bonds is 3. The predicted molar refractivity (Wildman–Crippen MR) is 104 cm³/mol. The van der Waals surface area contributed by atoms with E-state index in [1.54, 1.807) is 12.1 Å². The fourth-order valence-electron chi connectivity index (χ4n) is 3.13. The highest BCUT2D eigenvalue weighted by molar-refractivity contribution is 5.96. The van der Waals surface area contributed by atoms with Gasteiger partial charge in [0.15, 0.2) is 0 Å². The number of fused-ring (bicyclic) bond motifs is 3. The van der Waals surface area contributed by atoms with Gasteiger partial charge in [-0.25, -0.2) is 0 Å². The molecule has 0 saturated carbocycles. The van der Waals surface area contributed by atoms with E-state index >= 15 is 0 Å². The van der Waals surface area contributed by atoms with Crippen molar-refractivity contribution in [3.63, 3.8) is 0 Å². The number of carbonyl (C=O) groups is 1. The quantitative estimate of drug-likeness (QED) is 0.921. The van der Waals surface area contributed by atoms with E-state index in [-0.39, 0.29) is 12.0 Å². The van der Waals surface area contributed by atoms with E-state index in [4.69, 9.17) is 4.74 Å². The molecule has 1 aliphatic heterocycles. The van der Waals surface area contributed by atoms with Crippen molar-refractivity contribution >= 4 is 17.2 Å². The zero-order chi connectivity index (χ0) is 18.1. The van der Waals surface area contributed by atoms with Gasteiger partial charge in [0.1, 0.15) is 11.9 Å². The summed E-state index contributed by atoms with van der Waals surface area (Å²) in [5, 5.41) is 2.98. The molecule has 0 spiro atoms. The average molecular weight is 344 g/mol. The maximum atomic E-state index is 12.5. The van der Waals surface area contributed by atoms with Crippen LogP contribution in [0.5, 0.6) is 5.75 Å². The van der Waals surface area contributed by atoms with Crippen LogP contribution in [0.1, 0.15) is 15.9 Å². The lowest BCUT2D eigenvalue weighted by Crippen LogP contribution is -2.22. The number of nitrogens with zero attached hydrogens (tertiary/aromatic N) is 1. The second-order valence-electron chi connectivity index (χ2n) is 6.54. The Balaban J connectivity index is 1.65. The maximum Gasteiger partial charge on any atom is 0.255 e. The van der Waals surface area contributed by atoms with Crippen LogP contribution in [-0.2, 0) is 0 Å². The van der Waals surface area contributed by atoms with Crippen LogP contribution >= 0.6 is 0 Å². The fraction of sp³-hybridized carbons (Fsp3) is 0.136. The predicted octanol–water partition coefficient (Wildman–Crippen LogP) is 3.78. The molecule has 1 aliphatic carbocycles. The van der Waals surface area contributed by atoms with E-state index in [2.05, 4.69) is 16.3 Å². The van der Waals surface area contributed by atoms with E-state index < -0.39 is 0 Å². The number of carbonyl (C=O) groups excluding carboxylic acids is 1. The van der Waals surface area contributed by atoms with Gasteiger partial charge in [-0.2, -0.15) is 0 Å². The first kappa shape index (κ1) is 16.2. The van der Waals surface area contributed by atoms with E-state index in [1.165, 1.54) is 0 Å². The minimum absolute atomic E-state index is 0.123. The summed E-state index contributed by atoms with van der Waals surface area (Å²) < 4.78 is 6.04. The van der Waals surface area contributed by atoms with Gasteiger partial charge in [-0.1, -0.05) is 24.3 Å². The molecule has 1 heterocycles. The molecule has 2 aromatic rings. The third kappa shape index (κ3) is 3.02. The Bertz CT molecular complexity index is 940. The van der Waals surface area contributed by atoms with Crippen LogP contribution < -0.4 is 15.0 Å². The molecule has 1 N–H and O–H groups in total. The highest BCUT2D eigenvalue weighted by Crippen LogP contribution is 2.41. The Labute approximate surface area is 153 Å². The van der Waals surface area contributed by atoms with Crippen LogP contribution in [0, 0.1) is 0 Å². The standard InChI is InChI=1S/C22H20N2O2/c1-24(2)17-11-12-21-19(14-17)18-13-16(9-6-10-20(18)26-21)23-22(25)15-7-4-3-5-8-15/h3-14,20H,1-2H3,(H,23,25). The van der Waals surface area contributed by atoms with E-state index in [0.717, 1.165) is 28.3 Å². The molecular formula is C22H20N2O2. The van der Waals surface area contributed by atoms with Crippen molar-refractivity contribution in [2.45, 2.75) is 6.10 Å². The first-order valence-electron chi connectivity index (χ1n) is 8.57. The third-order valence-electron chi connectivity index (χ3n) is 4.52. The van der Waals surface area contributed by atoms with Gasteiger partial charge in [-0.05, 0) is 48.6 Å². The lowest BCUT2D eigenvalue weighted by atomic mass is 10.0. The Hall–Kier alpha value is -3.27. The summed E-state index contributed by atoms with van der Waals surface area (Å²) in [5.41, 5.74) is 4.61. The molecule has 0 saturated heterocycles. The molecule has 4 rings (SSSR count). The lowest BCUT2D eigenvalue weighted by Gasteiger charge is -2.13. The summed E-state index contributed by atoms with van der Waals surface area (Å²) in [6.07, 6.45) is 7.68. The van der Waals surface area contributed by atoms with Crippen molar-refractivity contribution in [3.05, 3.63) is 89.7 Å². The molecule has 0 bridgehead atoms. The van der Waals surface area contributed by atoms with Gasteiger partial charge in [0.05, 0.1) is 0 Å². The van der Waals surface area contributed by atoms with Gasteiger partial charge in [0, 0.05) is 42.2 Å². The molecule has 2 aromatic carbocycles. The third-order valence-corrected chi connectivity index (χ3v) is 4.52. The minimum atomic E-state index is -0.134. The average Bonchev–Trinajstić information content (AvgIpc) is 2.86. The smallest absolute Gasteiger partial charge is 0.255 e. The van der Waals surface area contributed by atoms with E-state index in [9.17, 15) is 4.79 Å². The molecule has 1 amide bonds. The summed E-state index contributed by atoms with van der Waals surface area (Å²) in [6, 6.07) is 15.4. The van der Waals surface area contributed by atoms with Crippen molar-refractivity contribution in [2.75, 3.05) is 19.0 Å². The lowest BCUT2D eigenvalue weighted by molar-refractivity contribution is 0.0967. The van der Waals surface area contributed by atoms with Crippen molar-refractivity contribution in [1.82, 2.24) is 5.32 Å². The highest BCUT2D eigenvalue weighted by Gasteiger charge is 2.28. The number of benzene rings is 2. The number of nitrogens with one attached hydrogen (secondary N) is 1. The van der Waals surface area contributed by atoms with Crippen LogP contribution in [-0.4, -0.2) is 26.1 Å². The molecule has 4 nitrogen and oxygen atoms in total. The molecule has 1 atom stereocenters. The first-order chi connectivity index (χ1) is 12.6. The van der Waals surface area contributed by atoms with Gasteiger partial charge >= 0.3 is 0 Å². The van der Waals surface area contributed by atoms with Crippen molar-refractivity contribution < 1.29 is 9.53 Å². The Morgan fingerprint density at radius 1 is 1.12 bits per heavy atom. The van der Waals surface area contributed by atoms with Crippen LogP contribution in [0.4, 0.5) is 5.69 Å². The van der Waals surface area contributed by atoms with Crippen molar-refractivity contribution in [1.29, 1.82) is 0 Å². The van der Waals surface area contributed by atoms with Crippen LogP contribution in [0.3, 0.4) is 0 Å². The number of anilines is 1. The highest BCUT2D eigenvalue weighted by atomic mass is 16.5. The van der Waals surface area contributed by atoms with E-state index in [0.29, 0.717) is 5.56 Å². The Morgan fingerprint density at radius 3 is 2.69 bits per heavy atom. The second kappa shape index (κ2) is 6.56. The zero-order valence-corrected chi connectivity index (χ0v) is 14.8. The summed E-state index contributed by atoms with van der Waals surface area (Å²) >= 11 is 0. The molecule has 1 unspecified atom stereocenters. The number of hydrogen-bond acceptors (Lipinski definition) is 3. The van der Waals surface area contributed by atoms with Gasteiger partial charge in [-0.15, -0.1) is 0 Å². The number of hydrogen-bond donors (Lipinski definition) is 1. The van der Waals surface area contributed by atoms with Crippen LogP contribution in [0.15, 0.2) is 78.5 Å². The number of ether oxygens (including phenoxy) is 1. The molecule has 4 heteroatoms. The van der Waals surface area contributed by atoms with E-state index in [1.807, 2.05) is 68.7 Å². The number of allylic oxidation sites excluding steroid dienone is 3. The zero-order valence-electron chi connectivity index (χ0n) is 14.8. The molecule has 26 heavy (non-hydrogen) atoms. The molecule has 2 aliphatic rings. The van der Waals surface area contributed by atoms with Gasteiger partial charge in [0.25, 0.3) is 5.91 Å². The maximum absolute atomic E-state index is 12.5. The SMILES string of the molecule is CN(C)c1ccc2c(c1)C1=CC(NC(=O)c3ccccc3)=CC=CC1O2. The fourth-order valence-corrected chi connectivity index (χ4v) is 3.13. The normalized spacial score (nSPS) is 17.2.